The fraction of sp³-hybridized carbons (Fsp3) is 0.211. The summed E-state index contributed by atoms with van der Waals surface area (Å²) in [5, 5.41) is 3.95. The van der Waals surface area contributed by atoms with Gasteiger partial charge in [-0.3, -0.25) is 4.79 Å². The standard InChI is InChI=1S/C19H13Cl2F3N2O3/c20-7-6-16(27)29-25-17-14-9-13(21)4-5-15(14)26(18(17)28)10-11-2-1-3-12(8-11)19(22,23)24/h1-5,8-9H,6-7,10H2. The van der Waals surface area contributed by atoms with Crippen LogP contribution >= 0.6 is 23.2 Å². The predicted molar refractivity (Wildman–Crippen MR) is 102 cm³/mol. The number of carbonyl (C=O) groups excluding carboxylic acids is 2. The molecule has 2 aromatic rings. The molecule has 0 fully saturated rings. The molecule has 29 heavy (non-hydrogen) atoms. The Balaban J connectivity index is 1.94. The number of nitrogens with zero attached hydrogens (tertiary/aromatic N) is 2. The zero-order chi connectivity index (χ0) is 21.2. The Labute approximate surface area is 173 Å². The van der Waals surface area contributed by atoms with E-state index in [1.54, 1.807) is 6.07 Å². The normalized spacial score (nSPS) is 15.0. The van der Waals surface area contributed by atoms with E-state index in [-0.39, 0.29) is 30.1 Å². The van der Waals surface area contributed by atoms with Gasteiger partial charge in [0, 0.05) is 16.5 Å². The molecule has 5 nitrogen and oxygen atoms in total. The van der Waals surface area contributed by atoms with Gasteiger partial charge in [0.2, 0.25) is 0 Å². The molecule has 152 valence electrons. The van der Waals surface area contributed by atoms with Gasteiger partial charge >= 0.3 is 12.1 Å². The number of rotatable bonds is 5. The van der Waals surface area contributed by atoms with E-state index in [2.05, 4.69) is 5.16 Å². The van der Waals surface area contributed by atoms with E-state index in [9.17, 15) is 22.8 Å². The Kier molecular flexibility index (Phi) is 6.14. The molecule has 0 saturated heterocycles. The lowest BCUT2D eigenvalue weighted by Crippen LogP contribution is -2.30. The minimum atomic E-state index is -4.50. The fourth-order valence-electron chi connectivity index (χ4n) is 2.78. The Morgan fingerprint density at radius 2 is 1.93 bits per heavy atom. The minimum Gasteiger partial charge on any atom is -0.317 e. The maximum absolute atomic E-state index is 13.0. The van der Waals surface area contributed by atoms with Crippen molar-refractivity contribution >= 4 is 46.5 Å². The van der Waals surface area contributed by atoms with Crippen LogP contribution < -0.4 is 4.90 Å². The quantitative estimate of drug-likeness (QED) is 0.378. The van der Waals surface area contributed by atoms with Crippen molar-refractivity contribution in [1.82, 2.24) is 0 Å². The van der Waals surface area contributed by atoms with Gasteiger partial charge in [0.25, 0.3) is 5.91 Å². The second-order valence-corrected chi connectivity index (χ2v) is 6.91. The van der Waals surface area contributed by atoms with Crippen LogP contribution in [0.3, 0.4) is 0 Å². The van der Waals surface area contributed by atoms with Crippen molar-refractivity contribution in [3.05, 3.63) is 64.2 Å². The van der Waals surface area contributed by atoms with Crippen molar-refractivity contribution in [3.63, 3.8) is 0 Å². The van der Waals surface area contributed by atoms with Gasteiger partial charge in [-0.25, -0.2) is 4.79 Å². The molecule has 3 rings (SSSR count). The molecule has 0 radical (unpaired) electrons. The molecule has 10 heteroatoms. The molecule has 1 amide bonds. The van der Waals surface area contributed by atoms with E-state index in [1.807, 2.05) is 0 Å². The lowest BCUT2D eigenvalue weighted by atomic mass is 10.1. The summed E-state index contributed by atoms with van der Waals surface area (Å²) >= 11 is 11.5. The van der Waals surface area contributed by atoms with Crippen LogP contribution in [0, 0.1) is 0 Å². The molecule has 0 spiro atoms. The SMILES string of the molecule is O=C(CCCl)ON=C1C(=O)N(Cc2cccc(C(F)(F)F)c2)c2ccc(Cl)cc21. The van der Waals surface area contributed by atoms with E-state index in [4.69, 9.17) is 28.0 Å². The van der Waals surface area contributed by atoms with Crippen LogP contribution in [0.5, 0.6) is 0 Å². The predicted octanol–water partition coefficient (Wildman–Crippen LogP) is 4.78. The molecule has 0 aromatic heterocycles. The second kappa shape index (κ2) is 8.42. The van der Waals surface area contributed by atoms with Crippen molar-refractivity contribution in [2.24, 2.45) is 5.16 Å². The first-order valence-electron chi connectivity index (χ1n) is 8.32. The lowest BCUT2D eigenvalue weighted by molar-refractivity contribution is -0.143. The Morgan fingerprint density at radius 1 is 1.17 bits per heavy atom. The largest absolute Gasteiger partial charge is 0.416 e. The molecule has 0 N–H and O–H groups in total. The lowest BCUT2D eigenvalue weighted by Gasteiger charge is -2.18. The van der Waals surface area contributed by atoms with Crippen LogP contribution in [0.25, 0.3) is 0 Å². The number of hydrogen-bond donors (Lipinski definition) is 0. The van der Waals surface area contributed by atoms with E-state index < -0.39 is 23.6 Å². The van der Waals surface area contributed by atoms with E-state index in [0.717, 1.165) is 12.1 Å². The second-order valence-electron chi connectivity index (χ2n) is 6.09. The van der Waals surface area contributed by atoms with Crippen LogP contribution in [0.4, 0.5) is 18.9 Å². The number of carbonyl (C=O) groups is 2. The molecule has 1 heterocycles. The number of benzene rings is 2. The Morgan fingerprint density at radius 3 is 2.62 bits per heavy atom. The first-order chi connectivity index (χ1) is 13.7. The maximum atomic E-state index is 13.0. The number of anilines is 1. The fourth-order valence-corrected chi connectivity index (χ4v) is 3.11. The van der Waals surface area contributed by atoms with Crippen molar-refractivity contribution in [2.75, 3.05) is 10.8 Å². The van der Waals surface area contributed by atoms with E-state index in [0.29, 0.717) is 16.3 Å². The third-order valence-corrected chi connectivity index (χ3v) is 4.51. The molecule has 0 atom stereocenters. The van der Waals surface area contributed by atoms with Crippen LogP contribution in [0.1, 0.15) is 23.1 Å². The zero-order valence-electron chi connectivity index (χ0n) is 14.7. The van der Waals surface area contributed by atoms with Crippen molar-refractivity contribution in [3.8, 4) is 0 Å². The third-order valence-electron chi connectivity index (χ3n) is 4.08. The molecule has 2 aromatic carbocycles. The summed E-state index contributed by atoms with van der Waals surface area (Å²) in [7, 11) is 0. The van der Waals surface area contributed by atoms with Gasteiger partial charge in [0.1, 0.15) is 0 Å². The van der Waals surface area contributed by atoms with Gasteiger partial charge in [-0.15, -0.1) is 11.6 Å². The topological polar surface area (TPSA) is 59.0 Å². The van der Waals surface area contributed by atoms with Crippen LogP contribution in [0.2, 0.25) is 5.02 Å². The molecule has 0 aliphatic carbocycles. The average molecular weight is 445 g/mol. The number of fused-ring (bicyclic) bond motifs is 1. The number of halogens is 5. The molecular weight excluding hydrogens is 432 g/mol. The van der Waals surface area contributed by atoms with Gasteiger partial charge in [-0.05, 0) is 35.9 Å². The highest BCUT2D eigenvalue weighted by molar-refractivity contribution is 6.54. The highest BCUT2D eigenvalue weighted by atomic mass is 35.5. The number of alkyl halides is 4. The van der Waals surface area contributed by atoms with Crippen LogP contribution in [0.15, 0.2) is 47.6 Å². The monoisotopic (exact) mass is 444 g/mol. The summed E-state index contributed by atoms with van der Waals surface area (Å²) in [4.78, 5) is 30.3. The molecular formula is C19H13Cl2F3N2O3. The average Bonchev–Trinajstić information content (AvgIpc) is 2.90. The van der Waals surface area contributed by atoms with Crippen LogP contribution in [-0.2, 0) is 27.1 Å². The Bertz CT molecular complexity index is 993. The minimum absolute atomic E-state index is 0.0295. The van der Waals surface area contributed by atoms with Gasteiger partial charge in [-0.1, -0.05) is 28.9 Å². The van der Waals surface area contributed by atoms with Crippen molar-refractivity contribution in [1.29, 1.82) is 0 Å². The molecule has 0 unspecified atom stereocenters. The Hall–Kier alpha value is -2.58. The smallest absolute Gasteiger partial charge is 0.317 e. The summed E-state index contributed by atoms with van der Waals surface area (Å²) in [6.45, 7) is -0.133. The first kappa shape index (κ1) is 21.1. The highest BCUT2D eigenvalue weighted by Crippen LogP contribution is 2.34. The highest BCUT2D eigenvalue weighted by Gasteiger charge is 2.36. The summed E-state index contributed by atoms with van der Waals surface area (Å²) in [5.41, 5.74) is -0.00849. The van der Waals surface area contributed by atoms with Crippen molar-refractivity contribution < 1.29 is 27.6 Å². The van der Waals surface area contributed by atoms with Gasteiger partial charge in [-0.2, -0.15) is 13.2 Å². The third kappa shape index (κ3) is 4.71. The van der Waals surface area contributed by atoms with Crippen molar-refractivity contribution in [2.45, 2.75) is 19.1 Å². The van der Waals surface area contributed by atoms with E-state index >= 15 is 0 Å². The zero-order valence-corrected chi connectivity index (χ0v) is 16.2. The summed E-state index contributed by atoms with van der Waals surface area (Å²) in [6, 6.07) is 9.22. The first-order valence-corrected chi connectivity index (χ1v) is 9.23. The number of amides is 1. The summed E-state index contributed by atoms with van der Waals surface area (Å²) in [6.07, 6.45) is -4.59. The molecule has 0 bridgehead atoms. The van der Waals surface area contributed by atoms with Gasteiger partial charge < -0.3 is 9.74 Å². The van der Waals surface area contributed by atoms with Gasteiger partial charge in [0.05, 0.1) is 24.2 Å². The summed E-state index contributed by atoms with van der Waals surface area (Å²) in [5.74, 6) is -1.32. The van der Waals surface area contributed by atoms with Crippen LogP contribution in [-0.4, -0.2) is 23.5 Å². The summed E-state index contributed by atoms with van der Waals surface area (Å²) < 4.78 is 38.9. The molecule has 1 aliphatic rings. The number of oxime groups is 1. The van der Waals surface area contributed by atoms with Gasteiger partial charge in [0.15, 0.2) is 5.71 Å². The van der Waals surface area contributed by atoms with E-state index in [1.165, 1.54) is 29.2 Å². The molecule has 1 aliphatic heterocycles. The molecule has 0 saturated carbocycles. The number of hydrogen-bond acceptors (Lipinski definition) is 4. The maximum Gasteiger partial charge on any atom is 0.416 e.